The summed E-state index contributed by atoms with van der Waals surface area (Å²) in [6.45, 7) is 0. The van der Waals surface area contributed by atoms with Crippen LogP contribution < -0.4 is 14.8 Å². The van der Waals surface area contributed by atoms with Gasteiger partial charge < -0.3 is 10.1 Å². The number of nitrogens with one attached hydrogen (secondary N) is 2. The first-order valence-electron chi connectivity index (χ1n) is 8.61. The molecule has 3 rings (SSSR count). The van der Waals surface area contributed by atoms with Crippen LogP contribution in [0.5, 0.6) is 5.75 Å². The van der Waals surface area contributed by atoms with E-state index in [9.17, 15) is 13.2 Å². The first-order chi connectivity index (χ1) is 13.9. The molecule has 0 radical (unpaired) electrons. The van der Waals surface area contributed by atoms with Crippen molar-refractivity contribution < 1.29 is 17.9 Å². The van der Waals surface area contributed by atoms with Gasteiger partial charge in [-0.2, -0.15) is 5.10 Å². The van der Waals surface area contributed by atoms with E-state index in [1.807, 2.05) is 0 Å². The van der Waals surface area contributed by atoms with E-state index in [0.29, 0.717) is 17.1 Å². The van der Waals surface area contributed by atoms with E-state index >= 15 is 0 Å². The van der Waals surface area contributed by atoms with E-state index in [1.165, 1.54) is 37.5 Å². The molecule has 9 heteroatoms. The van der Waals surface area contributed by atoms with Crippen LogP contribution in [0.25, 0.3) is 6.08 Å². The van der Waals surface area contributed by atoms with Crippen molar-refractivity contribution in [2.75, 3.05) is 17.1 Å². The summed E-state index contributed by atoms with van der Waals surface area (Å²) in [6, 6.07) is 12.6. The van der Waals surface area contributed by atoms with E-state index in [-0.39, 0.29) is 10.8 Å². The molecule has 0 aliphatic rings. The standard InChI is InChI=1S/C20H20N4O4S/c1-24-14-15(13-21-24)7-12-20(25)22-16-8-10-17(11-9-16)29(26,27)23-18-5-3-4-6-19(18)28-2/h3-14,23H,1-2H3,(H,22,25). The Bertz CT molecular complexity index is 1140. The van der Waals surface area contributed by atoms with E-state index in [1.54, 1.807) is 54.5 Å². The molecule has 0 saturated heterocycles. The molecule has 29 heavy (non-hydrogen) atoms. The van der Waals surface area contributed by atoms with Crippen LogP contribution in [-0.4, -0.2) is 31.2 Å². The van der Waals surface area contributed by atoms with Gasteiger partial charge in [0.25, 0.3) is 10.0 Å². The van der Waals surface area contributed by atoms with Crippen molar-refractivity contribution >= 4 is 33.4 Å². The predicted octanol–water partition coefficient (Wildman–Crippen LogP) is 2.88. The summed E-state index contributed by atoms with van der Waals surface area (Å²) < 4.78 is 34.5. The molecule has 0 saturated carbocycles. The molecular formula is C20H20N4O4S. The summed E-state index contributed by atoms with van der Waals surface area (Å²) in [4.78, 5) is 12.1. The van der Waals surface area contributed by atoms with Gasteiger partial charge in [0.05, 0.1) is 23.9 Å². The molecule has 0 aliphatic heterocycles. The minimum absolute atomic E-state index is 0.0623. The van der Waals surface area contributed by atoms with Crippen LogP contribution >= 0.6 is 0 Å². The zero-order valence-corrected chi connectivity index (χ0v) is 16.7. The summed E-state index contributed by atoms with van der Waals surface area (Å²) in [6.07, 6.45) is 6.43. The van der Waals surface area contributed by atoms with Crippen molar-refractivity contribution in [2.45, 2.75) is 4.90 Å². The van der Waals surface area contributed by atoms with Crippen molar-refractivity contribution in [1.82, 2.24) is 9.78 Å². The van der Waals surface area contributed by atoms with Crippen LogP contribution in [0.1, 0.15) is 5.56 Å². The van der Waals surface area contributed by atoms with E-state index in [2.05, 4.69) is 15.1 Å². The molecule has 1 amide bonds. The number of aryl methyl sites for hydroxylation is 1. The van der Waals surface area contributed by atoms with Crippen LogP contribution in [0.2, 0.25) is 0 Å². The van der Waals surface area contributed by atoms with Crippen molar-refractivity contribution in [2.24, 2.45) is 7.05 Å². The average Bonchev–Trinajstić information content (AvgIpc) is 3.12. The van der Waals surface area contributed by atoms with Gasteiger partial charge in [0.15, 0.2) is 0 Å². The van der Waals surface area contributed by atoms with Gasteiger partial charge in [-0.3, -0.25) is 14.2 Å². The number of para-hydroxylation sites is 2. The third-order valence-electron chi connectivity index (χ3n) is 3.94. The highest BCUT2D eigenvalue weighted by molar-refractivity contribution is 7.92. The van der Waals surface area contributed by atoms with Gasteiger partial charge in [0, 0.05) is 30.6 Å². The fourth-order valence-corrected chi connectivity index (χ4v) is 3.60. The second kappa shape index (κ2) is 8.61. The zero-order valence-electron chi connectivity index (χ0n) is 15.9. The molecule has 1 aromatic heterocycles. The molecule has 1 heterocycles. The summed E-state index contributed by atoms with van der Waals surface area (Å²) in [5.74, 6) is 0.0805. The van der Waals surface area contributed by atoms with Gasteiger partial charge in [0.1, 0.15) is 5.75 Å². The van der Waals surface area contributed by atoms with Crippen LogP contribution in [0.15, 0.2) is 71.9 Å². The highest BCUT2D eigenvalue weighted by Crippen LogP contribution is 2.26. The zero-order chi connectivity index (χ0) is 20.9. The number of rotatable bonds is 7. The lowest BCUT2D eigenvalue weighted by molar-refractivity contribution is -0.111. The van der Waals surface area contributed by atoms with E-state index < -0.39 is 10.0 Å². The number of hydrogen-bond acceptors (Lipinski definition) is 5. The van der Waals surface area contributed by atoms with Crippen molar-refractivity contribution in [3.63, 3.8) is 0 Å². The summed E-state index contributed by atoms with van der Waals surface area (Å²) in [5.41, 5.74) is 1.61. The van der Waals surface area contributed by atoms with E-state index in [0.717, 1.165) is 5.56 Å². The molecular weight excluding hydrogens is 392 g/mol. The summed E-state index contributed by atoms with van der Waals surface area (Å²) >= 11 is 0. The number of aromatic nitrogens is 2. The number of benzene rings is 2. The van der Waals surface area contributed by atoms with Crippen LogP contribution in [0.3, 0.4) is 0 Å². The van der Waals surface area contributed by atoms with Crippen LogP contribution in [-0.2, 0) is 21.9 Å². The number of carbonyl (C=O) groups excluding carboxylic acids is 1. The lowest BCUT2D eigenvalue weighted by atomic mass is 10.3. The highest BCUT2D eigenvalue weighted by atomic mass is 32.2. The Morgan fingerprint density at radius 3 is 2.52 bits per heavy atom. The Balaban J connectivity index is 1.67. The molecule has 0 bridgehead atoms. The molecule has 0 unspecified atom stereocenters. The average molecular weight is 412 g/mol. The highest BCUT2D eigenvalue weighted by Gasteiger charge is 2.16. The van der Waals surface area contributed by atoms with Gasteiger partial charge in [-0.05, 0) is 42.5 Å². The Morgan fingerprint density at radius 1 is 1.14 bits per heavy atom. The fourth-order valence-electron chi connectivity index (χ4n) is 2.53. The van der Waals surface area contributed by atoms with Crippen molar-refractivity contribution in [3.8, 4) is 5.75 Å². The minimum Gasteiger partial charge on any atom is -0.495 e. The Labute approximate surface area is 168 Å². The van der Waals surface area contributed by atoms with Gasteiger partial charge in [-0.25, -0.2) is 8.42 Å². The van der Waals surface area contributed by atoms with Crippen LogP contribution in [0, 0.1) is 0 Å². The number of ether oxygens (including phenoxy) is 1. The quantitative estimate of drug-likeness (QED) is 0.581. The monoisotopic (exact) mass is 412 g/mol. The SMILES string of the molecule is COc1ccccc1NS(=O)(=O)c1ccc(NC(=O)C=Cc2cnn(C)c2)cc1. The van der Waals surface area contributed by atoms with Gasteiger partial charge >= 0.3 is 0 Å². The maximum absolute atomic E-state index is 12.6. The van der Waals surface area contributed by atoms with Gasteiger partial charge in [-0.15, -0.1) is 0 Å². The number of hydrogen-bond donors (Lipinski definition) is 2. The van der Waals surface area contributed by atoms with Gasteiger partial charge in [-0.1, -0.05) is 12.1 Å². The third kappa shape index (κ3) is 5.23. The largest absolute Gasteiger partial charge is 0.495 e. The third-order valence-corrected chi connectivity index (χ3v) is 5.32. The second-order valence-corrected chi connectivity index (χ2v) is 7.78. The molecule has 0 atom stereocenters. The number of carbonyl (C=O) groups is 1. The van der Waals surface area contributed by atoms with Crippen LogP contribution in [0.4, 0.5) is 11.4 Å². The molecule has 2 N–H and O–H groups in total. The predicted molar refractivity (Wildman–Crippen MR) is 111 cm³/mol. The summed E-state index contributed by atoms with van der Waals surface area (Å²) in [7, 11) is -0.548. The molecule has 150 valence electrons. The topological polar surface area (TPSA) is 102 Å². The van der Waals surface area contributed by atoms with Crippen molar-refractivity contribution in [1.29, 1.82) is 0 Å². The lowest BCUT2D eigenvalue weighted by Gasteiger charge is -2.12. The first kappa shape index (κ1) is 20.2. The molecule has 3 aromatic rings. The smallest absolute Gasteiger partial charge is 0.262 e. The summed E-state index contributed by atoms with van der Waals surface area (Å²) in [5, 5.41) is 6.69. The lowest BCUT2D eigenvalue weighted by Crippen LogP contribution is -2.14. The Hall–Kier alpha value is -3.59. The van der Waals surface area contributed by atoms with Crippen molar-refractivity contribution in [3.05, 3.63) is 72.6 Å². The van der Waals surface area contributed by atoms with Gasteiger partial charge in [0.2, 0.25) is 5.91 Å². The fraction of sp³-hybridized carbons (Fsp3) is 0.100. The number of methoxy groups -OCH3 is 1. The molecule has 0 fully saturated rings. The number of amides is 1. The number of nitrogens with zero attached hydrogens (tertiary/aromatic N) is 2. The second-order valence-electron chi connectivity index (χ2n) is 6.10. The molecule has 8 nitrogen and oxygen atoms in total. The Kier molecular flexibility index (Phi) is 5.99. The maximum Gasteiger partial charge on any atom is 0.262 e. The first-order valence-corrected chi connectivity index (χ1v) is 10.1. The van der Waals surface area contributed by atoms with E-state index in [4.69, 9.17) is 4.74 Å². The maximum atomic E-state index is 12.6. The molecule has 0 spiro atoms. The normalized spacial score (nSPS) is 11.4. The Morgan fingerprint density at radius 2 is 1.86 bits per heavy atom. The number of anilines is 2. The molecule has 0 aliphatic carbocycles. The minimum atomic E-state index is -3.80. The number of sulfonamides is 1. The molecule has 2 aromatic carbocycles.